The van der Waals surface area contributed by atoms with Crippen LogP contribution in [0.2, 0.25) is 0 Å². The molecule has 3 aromatic carbocycles. The lowest BCUT2D eigenvalue weighted by Crippen LogP contribution is -2.22. The number of hydrogen-bond acceptors (Lipinski definition) is 7. The van der Waals surface area contributed by atoms with Gasteiger partial charge >= 0.3 is 0 Å². The van der Waals surface area contributed by atoms with Crippen LogP contribution in [0.5, 0.6) is 23.0 Å². The summed E-state index contributed by atoms with van der Waals surface area (Å²) in [5.41, 5.74) is 3.09. The van der Waals surface area contributed by atoms with Crippen LogP contribution in [0.25, 0.3) is 22.3 Å². The van der Waals surface area contributed by atoms with Crippen LogP contribution in [-0.4, -0.2) is 33.3 Å². The number of carbonyl (C=O) groups excluding carboxylic acids is 1. The van der Waals surface area contributed by atoms with Gasteiger partial charge in [0, 0.05) is 11.3 Å². The van der Waals surface area contributed by atoms with Crippen LogP contribution in [0.4, 0.5) is 5.69 Å². The van der Waals surface area contributed by atoms with E-state index in [-0.39, 0.29) is 16.9 Å². The first kappa shape index (κ1) is 25.6. The molecule has 0 radical (unpaired) electrons. The molecular formula is C29H29NO7. The third-order valence-corrected chi connectivity index (χ3v) is 5.91. The van der Waals surface area contributed by atoms with Crippen molar-refractivity contribution in [1.82, 2.24) is 0 Å². The molecule has 0 atom stereocenters. The molecule has 4 rings (SSSR count). The molecule has 1 aromatic heterocycles. The second kappa shape index (κ2) is 11.1. The molecule has 8 heteroatoms. The van der Waals surface area contributed by atoms with Crippen LogP contribution in [0.1, 0.15) is 18.1 Å². The Kier molecular flexibility index (Phi) is 7.67. The third kappa shape index (κ3) is 5.53. The molecule has 0 saturated carbocycles. The average molecular weight is 504 g/mol. The number of aryl methyl sites for hydroxylation is 2. The Bertz CT molecular complexity index is 1490. The highest BCUT2D eigenvalue weighted by molar-refractivity contribution is 5.92. The Hall–Kier alpha value is -4.46. The molecule has 0 fully saturated rings. The molecule has 1 heterocycles. The minimum absolute atomic E-state index is 0.0650. The largest absolute Gasteiger partial charge is 0.494 e. The summed E-state index contributed by atoms with van der Waals surface area (Å²) in [4.78, 5) is 26.2. The fourth-order valence-corrected chi connectivity index (χ4v) is 3.87. The first-order valence-corrected chi connectivity index (χ1v) is 11.8. The Morgan fingerprint density at radius 3 is 2.27 bits per heavy atom. The summed E-state index contributed by atoms with van der Waals surface area (Å²) in [6.45, 7) is 5.92. The Morgan fingerprint density at radius 1 is 0.892 bits per heavy atom. The van der Waals surface area contributed by atoms with E-state index < -0.39 is 12.5 Å². The van der Waals surface area contributed by atoms with E-state index in [1.54, 1.807) is 48.5 Å². The quantitative estimate of drug-likeness (QED) is 0.322. The van der Waals surface area contributed by atoms with Gasteiger partial charge in [-0.15, -0.1) is 0 Å². The van der Waals surface area contributed by atoms with E-state index in [0.717, 1.165) is 11.1 Å². The predicted octanol–water partition coefficient (Wildman–Crippen LogP) is 5.51. The molecule has 0 saturated heterocycles. The van der Waals surface area contributed by atoms with Crippen molar-refractivity contribution in [3.63, 3.8) is 0 Å². The summed E-state index contributed by atoms with van der Waals surface area (Å²) in [6.07, 6.45) is 0. The van der Waals surface area contributed by atoms with Gasteiger partial charge in [0.05, 0.1) is 26.2 Å². The lowest BCUT2D eigenvalue weighted by Gasteiger charge is -2.14. The number of methoxy groups -OCH3 is 2. The molecule has 1 amide bonds. The standard InChI is InChI=1S/C29H29NO7/c1-6-35-21-10-8-20(9-11-21)30-26(31)16-36-29-27(32)22-13-17(2)18(3)14-24(22)37-28(29)19-7-12-23(33-4)25(15-19)34-5/h7-15H,6,16H2,1-5H3,(H,30,31). The molecule has 192 valence electrons. The van der Waals surface area contributed by atoms with Gasteiger partial charge < -0.3 is 28.7 Å². The summed E-state index contributed by atoms with van der Waals surface area (Å²) in [5.74, 6) is 1.39. The van der Waals surface area contributed by atoms with Gasteiger partial charge in [0.25, 0.3) is 5.91 Å². The summed E-state index contributed by atoms with van der Waals surface area (Å²) in [5, 5.41) is 3.13. The van der Waals surface area contributed by atoms with E-state index in [1.807, 2.05) is 26.8 Å². The average Bonchev–Trinajstić information content (AvgIpc) is 2.90. The van der Waals surface area contributed by atoms with Crippen molar-refractivity contribution in [2.45, 2.75) is 20.8 Å². The molecule has 0 spiro atoms. The van der Waals surface area contributed by atoms with E-state index in [0.29, 0.717) is 46.1 Å². The first-order chi connectivity index (χ1) is 17.8. The van der Waals surface area contributed by atoms with Gasteiger partial charge in [0.1, 0.15) is 11.3 Å². The second-order valence-corrected chi connectivity index (χ2v) is 8.39. The normalized spacial score (nSPS) is 10.7. The zero-order valence-corrected chi connectivity index (χ0v) is 21.5. The van der Waals surface area contributed by atoms with Crippen molar-refractivity contribution >= 4 is 22.6 Å². The number of fused-ring (bicyclic) bond motifs is 1. The fraction of sp³-hybridized carbons (Fsp3) is 0.241. The Labute approximate surface area is 214 Å². The number of nitrogens with one attached hydrogen (secondary N) is 1. The van der Waals surface area contributed by atoms with E-state index in [4.69, 9.17) is 23.4 Å². The van der Waals surface area contributed by atoms with Gasteiger partial charge in [-0.05, 0) is 86.5 Å². The van der Waals surface area contributed by atoms with Crippen LogP contribution in [-0.2, 0) is 4.79 Å². The first-order valence-electron chi connectivity index (χ1n) is 11.8. The molecule has 0 unspecified atom stereocenters. The van der Waals surface area contributed by atoms with Crippen molar-refractivity contribution in [2.24, 2.45) is 0 Å². The highest BCUT2D eigenvalue weighted by atomic mass is 16.5. The van der Waals surface area contributed by atoms with Crippen LogP contribution in [0.3, 0.4) is 0 Å². The summed E-state index contributed by atoms with van der Waals surface area (Å²) >= 11 is 0. The smallest absolute Gasteiger partial charge is 0.262 e. The second-order valence-electron chi connectivity index (χ2n) is 8.39. The van der Waals surface area contributed by atoms with E-state index >= 15 is 0 Å². The number of hydrogen-bond donors (Lipinski definition) is 1. The molecule has 0 aliphatic heterocycles. The summed E-state index contributed by atoms with van der Waals surface area (Å²) in [6, 6.07) is 15.7. The van der Waals surface area contributed by atoms with Gasteiger partial charge in [-0.3, -0.25) is 9.59 Å². The molecule has 8 nitrogen and oxygen atoms in total. The lowest BCUT2D eigenvalue weighted by atomic mass is 10.0. The lowest BCUT2D eigenvalue weighted by molar-refractivity contribution is -0.118. The maximum atomic E-state index is 13.5. The van der Waals surface area contributed by atoms with Crippen molar-refractivity contribution in [1.29, 1.82) is 0 Å². The van der Waals surface area contributed by atoms with Gasteiger partial charge in [0.2, 0.25) is 11.2 Å². The van der Waals surface area contributed by atoms with Crippen molar-refractivity contribution in [3.05, 3.63) is 75.9 Å². The van der Waals surface area contributed by atoms with E-state index in [2.05, 4.69) is 5.32 Å². The topological polar surface area (TPSA) is 96.2 Å². The van der Waals surface area contributed by atoms with Crippen LogP contribution in [0.15, 0.2) is 63.8 Å². The highest BCUT2D eigenvalue weighted by Gasteiger charge is 2.21. The van der Waals surface area contributed by atoms with E-state index in [9.17, 15) is 9.59 Å². The number of rotatable bonds is 9. The van der Waals surface area contributed by atoms with E-state index in [1.165, 1.54) is 14.2 Å². The maximum Gasteiger partial charge on any atom is 0.262 e. The van der Waals surface area contributed by atoms with Crippen LogP contribution in [0, 0.1) is 13.8 Å². The number of amides is 1. The summed E-state index contributed by atoms with van der Waals surface area (Å²) < 4.78 is 28.2. The van der Waals surface area contributed by atoms with Gasteiger partial charge in [-0.25, -0.2) is 0 Å². The minimum atomic E-state index is -0.429. The number of anilines is 1. The Balaban J connectivity index is 1.69. The minimum Gasteiger partial charge on any atom is -0.494 e. The predicted molar refractivity (Wildman–Crippen MR) is 142 cm³/mol. The Morgan fingerprint density at radius 2 is 1.59 bits per heavy atom. The molecule has 37 heavy (non-hydrogen) atoms. The van der Waals surface area contributed by atoms with Crippen LogP contribution < -0.4 is 29.7 Å². The molecule has 0 bridgehead atoms. The SMILES string of the molecule is CCOc1ccc(NC(=O)COc2c(-c3ccc(OC)c(OC)c3)oc3cc(C)c(C)cc3c2=O)cc1. The van der Waals surface area contributed by atoms with Crippen molar-refractivity contribution in [2.75, 3.05) is 32.8 Å². The molecular weight excluding hydrogens is 474 g/mol. The van der Waals surface area contributed by atoms with Crippen LogP contribution >= 0.6 is 0 Å². The zero-order valence-electron chi connectivity index (χ0n) is 21.5. The monoisotopic (exact) mass is 503 g/mol. The molecule has 1 N–H and O–H groups in total. The van der Waals surface area contributed by atoms with Gasteiger partial charge in [-0.2, -0.15) is 0 Å². The summed E-state index contributed by atoms with van der Waals surface area (Å²) in [7, 11) is 3.06. The fourth-order valence-electron chi connectivity index (χ4n) is 3.87. The van der Waals surface area contributed by atoms with Gasteiger partial charge in [0.15, 0.2) is 23.9 Å². The zero-order chi connectivity index (χ0) is 26.5. The third-order valence-electron chi connectivity index (χ3n) is 5.91. The number of benzene rings is 3. The number of carbonyl (C=O) groups is 1. The molecule has 0 aliphatic rings. The van der Waals surface area contributed by atoms with Gasteiger partial charge in [-0.1, -0.05) is 0 Å². The maximum absolute atomic E-state index is 13.5. The van der Waals surface area contributed by atoms with Crippen molar-refractivity contribution in [3.8, 4) is 34.3 Å². The number of ether oxygens (including phenoxy) is 4. The molecule has 0 aliphatic carbocycles. The molecule has 4 aromatic rings. The highest BCUT2D eigenvalue weighted by Crippen LogP contribution is 2.37. The van der Waals surface area contributed by atoms with Crippen molar-refractivity contribution < 1.29 is 28.2 Å².